The maximum absolute atomic E-state index is 12.6. The summed E-state index contributed by atoms with van der Waals surface area (Å²) in [5.41, 5.74) is 4.81. The predicted octanol–water partition coefficient (Wildman–Crippen LogP) is 3.80. The lowest BCUT2D eigenvalue weighted by molar-refractivity contribution is 0.102. The van der Waals surface area contributed by atoms with Crippen LogP contribution >= 0.6 is 0 Å². The smallest absolute Gasteiger partial charge is 0.257 e. The van der Waals surface area contributed by atoms with Crippen molar-refractivity contribution in [2.24, 2.45) is 0 Å². The van der Waals surface area contributed by atoms with Gasteiger partial charge in [-0.25, -0.2) is 0 Å². The van der Waals surface area contributed by atoms with E-state index in [4.69, 9.17) is 0 Å². The minimum absolute atomic E-state index is 0.0949. The number of hydrogen-bond donors (Lipinski definition) is 1. The largest absolute Gasteiger partial charge is 0.370 e. The summed E-state index contributed by atoms with van der Waals surface area (Å²) in [6, 6.07) is 8.05. The molecule has 1 fully saturated rings. The molecule has 0 radical (unpaired) electrons. The predicted molar refractivity (Wildman–Crippen MR) is 94.2 cm³/mol. The highest BCUT2D eigenvalue weighted by Gasteiger charge is 2.16. The fraction of sp³-hybridized carbons (Fsp3) is 0.368. The highest BCUT2D eigenvalue weighted by atomic mass is 16.1. The molecule has 0 unspecified atom stereocenters. The Morgan fingerprint density at radius 2 is 2.04 bits per heavy atom. The third-order valence-corrected chi connectivity index (χ3v) is 4.44. The summed E-state index contributed by atoms with van der Waals surface area (Å²) in [6.07, 6.45) is 6.79. The number of carbonyl (C=O) groups excluding carboxylic acids is 1. The summed E-state index contributed by atoms with van der Waals surface area (Å²) < 4.78 is 0. The van der Waals surface area contributed by atoms with E-state index >= 15 is 0 Å². The van der Waals surface area contributed by atoms with Crippen molar-refractivity contribution in [2.75, 3.05) is 23.3 Å². The third-order valence-electron chi connectivity index (χ3n) is 4.44. The van der Waals surface area contributed by atoms with Gasteiger partial charge < -0.3 is 10.2 Å². The first-order valence-corrected chi connectivity index (χ1v) is 8.29. The second kappa shape index (κ2) is 6.82. The summed E-state index contributed by atoms with van der Waals surface area (Å²) in [5.74, 6) is -0.0949. The van der Waals surface area contributed by atoms with E-state index < -0.39 is 0 Å². The van der Waals surface area contributed by atoms with Gasteiger partial charge in [0.2, 0.25) is 0 Å². The van der Waals surface area contributed by atoms with E-state index in [1.165, 1.54) is 12.8 Å². The maximum atomic E-state index is 12.6. The second-order valence-corrected chi connectivity index (χ2v) is 6.04. The van der Waals surface area contributed by atoms with Gasteiger partial charge in [-0.2, -0.15) is 0 Å². The van der Waals surface area contributed by atoms with Gasteiger partial charge in [0.05, 0.1) is 17.4 Å². The molecule has 2 aromatic rings. The molecule has 4 nitrogen and oxygen atoms in total. The van der Waals surface area contributed by atoms with Gasteiger partial charge in [-0.1, -0.05) is 25.1 Å². The standard InChI is InChI=1S/C19H23N3O/c1-3-15-8-6-7-14(2)18(15)21-19(23)16-11-17(13-20-12-16)22-9-4-5-10-22/h6-8,11-13H,3-5,9-10H2,1-2H3,(H,21,23). The van der Waals surface area contributed by atoms with Gasteiger partial charge >= 0.3 is 0 Å². The number of nitrogens with zero attached hydrogens (tertiary/aromatic N) is 2. The molecule has 0 saturated carbocycles. The molecule has 0 spiro atoms. The lowest BCUT2D eigenvalue weighted by Crippen LogP contribution is -2.19. The molecule has 1 N–H and O–H groups in total. The molecule has 2 heterocycles. The Morgan fingerprint density at radius 1 is 1.26 bits per heavy atom. The minimum Gasteiger partial charge on any atom is -0.370 e. The van der Waals surface area contributed by atoms with Crippen LogP contribution in [-0.4, -0.2) is 24.0 Å². The molecule has 1 aliphatic heterocycles. The van der Waals surface area contributed by atoms with Crippen LogP contribution in [0.15, 0.2) is 36.7 Å². The van der Waals surface area contributed by atoms with Crippen LogP contribution in [0.25, 0.3) is 0 Å². The number of benzene rings is 1. The van der Waals surface area contributed by atoms with Crippen LogP contribution in [-0.2, 0) is 6.42 Å². The van der Waals surface area contributed by atoms with E-state index in [2.05, 4.69) is 28.2 Å². The summed E-state index contributed by atoms with van der Waals surface area (Å²) in [7, 11) is 0. The molecule has 120 valence electrons. The van der Waals surface area contributed by atoms with Crippen LogP contribution in [0.2, 0.25) is 0 Å². The molecule has 4 heteroatoms. The Kier molecular flexibility index (Phi) is 4.60. The van der Waals surface area contributed by atoms with Gasteiger partial charge in [0.15, 0.2) is 0 Å². The fourth-order valence-electron chi connectivity index (χ4n) is 3.09. The zero-order valence-corrected chi connectivity index (χ0v) is 13.8. The van der Waals surface area contributed by atoms with Crippen molar-refractivity contribution >= 4 is 17.3 Å². The lowest BCUT2D eigenvalue weighted by Gasteiger charge is -2.18. The van der Waals surface area contributed by atoms with E-state index in [1.807, 2.05) is 31.3 Å². The third kappa shape index (κ3) is 3.36. The molecule has 0 atom stereocenters. The van der Waals surface area contributed by atoms with Crippen molar-refractivity contribution < 1.29 is 4.79 Å². The summed E-state index contributed by atoms with van der Waals surface area (Å²) in [4.78, 5) is 19.2. The van der Waals surface area contributed by atoms with E-state index in [0.717, 1.165) is 42.0 Å². The molecule has 0 aliphatic carbocycles. The van der Waals surface area contributed by atoms with Crippen LogP contribution in [0.5, 0.6) is 0 Å². The summed E-state index contributed by atoms with van der Waals surface area (Å²) >= 11 is 0. The average molecular weight is 309 g/mol. The van der Waals surface area contributed by atoms with Crippen LogP contribution in [0.1, 0.15) is 41.3 Å². The van der Waals surface area contributed by atoms with E-state index in [0.29, 0.717) is 5.56 Å². The SMILES string of the molecule is CCc1cccc(C)c1NC(=O)c1cncc(N2CCCC2)c1. The monoisotopic (exact) mass is 309 g/mol. The van der Waals surface area contributed by atoms with Crippen LogP contribution in [0.3, 0.4) is 0 Å². The first-order valence-electron chi connectivity index (χ1n) is 8.29. The number of hydrogen-bond acceptors (Lipinski definition) is 3. The average Bonchev–Trinajstić information content (AvgIpc) is 3.11. The van der Waals surface area contributed by atoms with Gasteiger partial charge in [0.25, 0.3) is 5.91 Å². The summed E-state index contributed by atoms with van der Waals surface area (Å²) in [5, 5.41) is 3.07. The normalized spacial score (nSPS) is 14.1. The van der Waals surface area contributed by atoms with Crippen LogP contribution in [0.4, 0.5) is 11.4 Å². The number of rotatable bonds is 4. The van der Waals surface area contributed by atoms with Crippen molar-refractivity contribution in [2.45, 2.75) is 33.1 Å². The van der Waals surface area contributed by atoms with Gasteiger partial charge in [-0.15, -0.1) is 0 Å². The van der Waals surface area contributed by atoms with Gasteiger partial charge in [-0.05, 0) is 43.4 Å². The first kappa shape index (κ1) is 15.5. The zero-order chi connectivity index (χ0) is 16.2. The Bertz CT molecular complexity index is 706. The fourth-order valence-corrected chi connectivity index (χ4v) is 3.09. The van der Waals surface area contributed by atoms with E-state index in [-0.39, 0.29) is 5.91 Å². The number of anilines is 2. The molecule has 1 aliphatic rings. The minimum atomic E-state index is -0.0949. The number of carbonyl (C=O) groups is 1. The molecule has 0 bridgehead atoms. The van der Waals surface area contributed by atoms with E-state index in [1.54, 1.807) is 6.20 Å². The highest BCUT2D eigenvalue weighted by molar-refractivity contribution is 6.05. The van der Waals surface area contributed by atoms with Crippen molar-refractivity contribution in [1.29, 1.82) is 0 Å². The zero-order valence-electron chi connectivity index (χ0n) is 13.8. The number of aromatic nitrogens is 1. The quantitative estimate of drug-likeness (QED) is 0.934. The first-order chi connectivity index (χ1) is 11.2. The molecule has 1 saturated heterocycles. The topological polar surface area (TPSA) is 45.2 Å². The number of pyridine rings is 1. The van der Waals surface area contributed by atoms with E-state index in [9.17, 15) is 4.79 Å². The Balaban J connectivity index is 1.82. The maximum Gasteiger partial charge on any atom is 0.257 e. The molecular formula is C19H23N3O. The Morgan fingerprint density at radius 3 is 2.78 bits per heavy atom. The molecule has 1 aromatic carbocycles. The molecular weight excluding hydrogens is 286 g/mol. The van der Waals surface area contributed by atoms with Gasteiger partial charge in [-0.3, -0.25) is 9.78 Å². The van der Waals surface area contributed by atoms with Gasteiger partial charge in [0, 0.05) is 25.0 Å². The number of aryl methyl sites for hydroxylation is 2. The van der Waals surface area contributed by atoms with Crippen molar-refractivity contribution in [3.63, 3.8) is 0 Å². The second-order valence-electron chi connectivity index (χ2n) is 6.04. The molecule has 1 aromatic heterocycles. The van der Waals surface area contributed by atoms with Crippen LogP contribution in [0, 0.1) is 6.92 Å². The highest BCUT2D eigenvalue weighted by Crippen LogP contribution is 2.23. The van der Waals surface area contributed by atoms with Crippen molar-refractivity contribution in [3.05, 3.63) is 53.3 Å². The molecule has 1 amide bonds. The van der Waals surface area contributed by atoms with Gasteiger partial charge in [0.1, 0.15) is 0 Å². The Labute approximate surface area is 137 Å². The van der Waals surface area contributed by atoms with Crippen molar-refractivity contribution in [1.82, 2.24) is 4.98 Å². The Hall–Kier alpha value is -2.36. The molecule has 23 heavy (non-hydrogen) atoms. The van der Waals surface area contributed by atoms with Crippen molar-refractivity contribution in [3.8, 4) is 0 Å². The van der Waals surface area contributed by atoms with Crippen LogP contribution < -0.4 is 10.2 Å². The summed E-state index contributed by atoms with van der Waals surface area (Å²) in [6.45, 7) is 6.21. The number of para-hydroxylation sites is 1. The number of amides is 1. The lowest BCUT2D eigenvalue weighted by atomic mass is 10.1. The molecule has 3 rings (SSSR count). The number of nitrogens with one attached hydrogen (secondary N) is 1.